The second-order valence-corrected chi connectivity index (χ2v) is 2.99. The molecule has 2 heterocycles. The van der Waals surface area contributed by atoms with Crippen LogP contribution in [0.25, 0.3) is 0 Å². The highest BCUT2D eigenvalue weighted by Gasteiger charge is 2.16. The minimum Gasteiger partial charge on any atom is -0.378 e. The van der Waals surface area contributed by atoms with Crippen molar-refractivity contribution in [3.63, 3.8) is 0 Å². The summed E-state index contributed by atoms with van der Waals surface area (Å²) in [6.45, 7) is 3.19. The van der Waals surface area contributed by atoms with Crippen molar-refractivity contribution >= 4 is 11.9 Å². The maximum Gasteiger partial charge on any atom is 0.241 e. The summed E-state index contributed by atoms with van der Waals surface area (Å²) in [6.07, 6.45) is 0. The number of hydrogen-bond donors (Lipinski definition) is 1. The second-order valence-electron chi connectivity index (χ2n) is 2.99. The molecule has 0 amide bonds. The molecule has 1 saturated heterocycles. The molecule has 1 aromatic heterocycles. The molecule has 6 nitrogen and oxygen atoms in total. The lowest BCUT2D eigenvalue weighted by atomic mass is 10.4. The number of aryl methyl sites for hydroxylation is 1. The number of nitrogen functional groups attached to an aromatic ring is 1. The molecule has 1 aliphatic heterocycles. The Kier molecular flexibility index (Phi) is 2.05. The molecule has 0 spiro atoms. The van der Waals surface area contributed by atoms with E-state index in [-0.39, 0.29) is 0 Å². The fourth-order valence-corrected chi connectivity index (χ4v) is 1.43. The average Bonchev–Trinajstić information content (AvgIpc) is 2.47. The van der Waals surface area contributed by atoms with Crippen LogP contribution in [0.5, 0.6) is 0 Å². The molecule has 0 unspecified atom stereocenters. The van der Waals surface area contributed by atoms with Crippen LogP contribution in [0.3, 0.4) is 0 Å². The number of rotatable bonds is 1. The lowest BCUT2D eigenvalue weighted by Crippen LogP contribution is -2.37. The van der Waals surface area contributed by atoms with Gasteiger partial charge in [-0.1, -0.05) is 0 Å². The van der Waals surface area contributed by atoms with Crippen molar-refractivity contribution < 1.29 is 4.74 Å². The van der Waals surface area contributed by atoms with Crippen LogP contribution in [0.4, 0.5) is 11.9 Å². The van der Waals surface area contributed by atoms with Gasteiger partial charge in [-0.3, -0.25) is 0 Å². The minimum atomic E-state index is 0.323. The Bertz CT molecular complexity index is 291. The van der Waals surface area contributed by atoms with Gasteiger partial charge in [0.25, 0.3) is 0 Å². The van der Waals surface area contributed by atoms with E-state index in [0.29, 0.717) is 5.95 Å². The molecule has 0 aromatic carbocycles. The smallest absolute Gasteiger partial charge is 0.241 e. The van der Waals surface area contributed by atoms with Gasteiger partial charge in [-0.2, -0.15) is 4.98 Å². The molecule has 0 atom stereocenters. The van der Waals surface area contributed by atoms with Crippen molar-refractivity contribution in [2.75, 3.05) is 36.9 Å². The zero-order chi connectivity index (χ0) is 9.26. The predicted molar refractivity (Wildman–Crippen MR) is 48.4 cm³/mol. The maximum atomic E-state index is 5.49. The van der Waals surface area contributed by atoms with Gasteiger partial charge in [0.2, 0.25) is 11.9 Å². The van der Waals surface area contributed by atoms with Crippen LogP contribution >= 0.6 is 0 Å². The second kappa shape index (κ2) is 3.21. The van der Waals surface area contributed by atoms with Crippen molar-refractivity contribution in [1.29, 1.82) is 0 Å². The quantitative estimate of drug-likeness (QED) is 0.619. The summed E-state index contributed by atoms with van der Waals surface area (Å²) in [5, 5.41) is 3.99. The maximum absolute atomic E-state index is 5.49. The highest BCUT2D eigenvalue weighted by molar-refractivity contribution is 5.35. The Morgan fingerprint density at radius 3 is 2.62 bits per heavy atom. The number of aromatic nitrogens is 3. The van der Waals surface area contributed by atoms with Crippen LogP contribution in [0.2, 0.25) is 0 Å². The van der Waals surface area contributed by atoms with Gasteiger partial charge in [-0.15, -0.1) is 5.10 Å². The number of anilines is 2. The Morgan fingerprint density at radius 1 is 1.38 bits per heavy atom. The largest absolute Gasteiger partial charge is 0.378 e. The molecule has 1 aromatic rings. The van der Waals surface area contributed by atoms with E-state index in [2.05, 4.69) is 15.0 Å². The van der Waals surface area contributed by atoms with Gasteiger partial charge >= 0.3 is 0 Å². The SMILES string of the molecule is Cn1nc(N)nc1N1CCOCC1. The Balaban J connectivity index is 2.18. The standard InChI is InChI=1S/C7H13N5O/c1-11-7(9-6(8)10-11)12-2-4-13-5-3-12/h2-5H2,1H3,(H2,8,10). The fourth-order valence-electron chi connectivity index (χ4n) is 1.43. The average molecular weight is 183 g/mol. The first kappa shape index (κ1) is 8.31. The number of nitrogens with two attached hydrogens (primary N) is 1. The van der Waals surface area contributed by atoms with Crippen LogP contribution in [0, 0.1) is 0 Å². The zero-order valence-corrected chi connectivity index (χ0v) is 7.60. The van der Waals surface area contributed by atoms with Gasteiger partial charge in [0.15, 0.2) is 0 Å². The normalized spacial score (nSPS) is 17.8. The fraction of sp³-hybridized carbons (Fsp3) is 0.714. The Hall–Kier alpha value is -1.30. The molecular weight excluding hydrogens is 170 g/mol. The van der Waals surface area contributed by atoms with E-state index < -0.39 is 0 Å². The highest BCUT2D eigenvalue weighted by Crippen LogP contribution is 2.12. The van der Waals surface area contributed by atoms with E-state index in [1.807, 2.05) is 7.05 Å². The third-order valence-corrected chi connectivity index (χ3v) is 2.05. The lowest BCUT2D eigenvalue weighted by Gasteiger charge is -2.26. The minimum absolute atomic E-state index is 0.323. The van der Waals surface area contributed by atoms with Gasteiger partial charge in [0, 0.05) is 20.1 Å². The van der Waals surface area contributed by atoms with E-state index in [4.69, 9.17) is 10.5 Å². The molecule has 0 radical (unpaired) electrons. The molecule has 0 saturated carbocycles. The molecule has 6 heteroatoms. The molecule has 2 N–H and O–H groups in total. The summed E-state index contributed by atoms with van der Waals surface area (Å²) in [5.41, 5.74) is 5.49. The summed E-state index contributed by atoms with van der Waals surface area (Å²) in [6, 6.07) is 0. The highest BCUT2D eigenvalue weighted by atomic mass is 16.5. The summed E-state index contributed by atoms with van der Waals surface area (Å²) in [4.78, 5) is 6.25. The van der Waals surface area contributed by atoms with E-state index >= 15 is 0 Å². The summed E-state index contributed by atoms with van der Waals surface area (Å²) in [7, 11) is 1.84. The van der Waals surface area contributed by atoms with Crippen LogP contribution in [-0.4, -0.2) is 41.1 Å². The van der Waals surface area contributed by atoms with Gasteiger partial charge < -0.3 is 15.4 Å². The third kappa shape index (κ3) is 1.57. The first-order chi connectivity index (χ1) is 6.27. The van der Waals surface area contributed by atoms with Gasteiger partial charge in [0.05, 0.1) is 13.2 Å². The van der Waals surface area contributed by atoms with Gasteiger partial charge in [0.1, 0.15) is 0 Å². The van der Waals surface area contributed by atoms with E-state index in [0.717, 1.165) is 32.3 Å². The van der Waals surface area contributed by atoms with Crippen molar-refractivity contribution in [3.05, 3.63) is 0 Å². The zero-order valence-electron chi connectivity index (χ0n) is 7.60. The topological polar surface area (TPSA) is 69.2 Å². The van der Waals surface area contributed by atoms with Crippen LogP contribution in [-0.2, 0) is 11.8 Å². The van der Waals surface area contributed by atoms with E-state index in [1.165, 1.54) is 0 Å². The van der Waals surface area contributed by atoms with Crippen LogP contribution in [0.15, 0.2) is 0 Å². The van der Waals surface area contributed by atoms with Crippen molar-refractivity contribution in [1.82, 2.24) is 14.8 Å². The summed E-state index contributed by atoms with van der Waals surface area (Å²) in [5.74, 6) is 1.14. The molecule has 13 heavy (non-hydrogen) atoms. The lowest BCUT2D eigenvalue weighted by molar-refractivity contribution is 0.121. The van der Waals surface area contributed by atoms with E-state index in [9.17, 15) is 0 Å². The number of hydrogen-bond acceptors (Lipinski definition) is 5. The Labute approximate surface area is 76.3 Å². The predicted octanol–water partition coefficient (Wildman–Crippen LogP) is -0.766. The third-order valence-electron chi connectivity index (χ3n) is 2.05. The van der Waals surface area contributed by atoms with Gasteiger partial charge in [-0.05, 0) is 0 Å². The first-order valence-electron chi connectivity index (χ1n) is 4.26. The first-order valence-corrected chi connectivity index (χ1v) is 4.26. The van der Waals surface area contributed by atoms with Crippen molar-refractivity contribution in [3.8, 4) is 0 Å². The van der Waals surface area contributed by atoms with E-state index in [1.54, 1.807) is 4.68 Å². The molecule has 2 rings (SSSR count). The monoisotopic (exact) mass is 183 g/mol. The number of nitrogens with zero attached hydrogens (tertiary/aromatic N) is 4. The molecular formula is C7H13N5O. The Morgan fingerprint density at radius 2 is 2.08 bits per heavy atom. The molecule has 72 valence electrons. The van der Waals surface area contributed by atoms with Crippen molar-refractivity contribution in [2.45, 2.75) is 0 Å². The summed E-state index contributed by atoms with van der Waals surface area (Å²) >= 11 is 0. The summed E-state index contributed by atoms with van der Waals surface area (Å²) < 4.78 is 6.93. The molecule has 1 aliphatic rings. The number of ether oxygens (including phenoxy) is 1. The molecule has 1 fully saturated rings. The van der Waals surface area contributed by atoms with Gasteiger partial charge in [-0.25, -0.2) is 4.68 Å². The van der Waals surface area contributed by atoms with Crippen LogP contribution in [0.1, 0.15) is 0 Å². The van der Waals surface area contributed by atoms with Crippen LogP contribution < -0.4 is 10.6 Å². The molecule has 0 aliphatic carbocycles. The number of morpholine rings is 1. The van der Waals surface area contributed by atoms with Crippen molar-refractivity contribution in [2.24, 2.45) is 7.05 Å². The molecule has 0 bridgehead atoms.